The normalized spacial score (nSPS) is 10.3. The van der Waals surface area contributed by atoms with E-state index in [2.05, 4.69) is 22.2 Å². The van der Waals surface area contributed by atoms with Crippen LogP contribution in [0.25, 0.3) is 0 Å². The molecule has 0 spiro atoms. The molecule has 0 bridgehead atoms. The Morgan fingerprint density at radius 3 is 2.62 bits per heavy atom. The number of nitrogens with zero attached hydrogens (tertiary/aromatic N) is 2. The first-order valence-electron chi connectivity index (χ1n) is 7.04. The zero-order valence-electron chi connectivity index (χ0n) is 12.9. The average molecular weight is 287 g/mol. The average Bonchev–Trinajstić information content (AvgIpc) is 2.49. The summed E-state index contributed by atoms with van der Waals surface area (Å²) in [6.45, 7) is 4.11. The maximum absolute atomic E-state index is 5.87. The standard InChI is InChI=1S/C16H21N3O2/c1-5-6-14-18-15(17-3)10-16(19-14)21-12-8-7-11(2)9-13(12)20-4/h7-10H,5-6H2,1-4H3,(H,17,18,19). The predicted molar refractivity (Wildman–Crippen MR) is 83.4 cm³/mol. The Morgan fingerprint density at radius 2 is 1.95 bits per heavy atom. The lowest BCUT2D eigenvalue weighted by atomic mass is 10.2. The van der Waals surface area contributed by atoms with E-state index >= 15 is 0 Å². The molecule has 0 unspecified atom stereocenters. The van der Waals surface area contributed by atoms with Crippen molar-refractivity contribution in [1.82, 2.24) is 9.97 Å². The van der Waals surface area contributed by atoms with Crippen molar-refractivity contribution in [2.24, 2.45) is 0 Å². The largest absolute Gasteiger partial charge is 0.493 e. The number of hydrogen-bond acceptors (Lipinski definition) is 5. The van der Waals surface area contributed by atoms with Gasteiger partial charge in [0.05, 0.1) is 7.11 Å². The number of anilines is 1. The van der Waals surface area contributed by atoms with Crippen LogP contribution >= 0.6 is 0 Å². The number of aryl methyl sites for hydroxylation is 2. The molecular formula is C16H21N3O2. The summed E-state index contributed by atoms with van der Waals surface area (Å²) < 4.78 is 11.2. The maximum Gasteiger partial charge on any atom is 0.224 e. The SMILES string of the molecule is CCCc1nc(NC)cc(Oc2ccc(C)cc2OC)n1. The quantitative estimate of drug-likeness (QED) is 0.880. The van der Waals surface area contributed by atoms with Gasteiger partial charge in [-0.1, -0.05) is 13.0 Å². The molecular weight excluding hydrogens is 266 g/mol. The van der Waals surface area contributed by atoms with Gasteiger partial charge in [-0.05, 0) is 31.0 Å². The lowest BCUT2D eigenvalue weighted by Gasteiger charge is -2.12. The van der Waals surface area contributed by atoms with Gasteiger partial charge in [0, 0.05) is 19.5 Å². The van der Waals surface area contributed by atoms with Crippen LogP contribution in [0.1, 0.15) is 24.7 Å². The third kappa shape index (κ3) is 3.84. The molecule has 0 aliphatic heterocycles. The Bertz CT molecular complexity index is 614. The first-order valence-corrected chi connectivity index (χ1v) is 7.04. The van der Waals surface area contributed by atoms with Crippen LogP contribution in [-0.4, -0.2) is 24.1 Å². The molecule has 0 amide bonds. The van der Waals surface area contributed by atoms with E-state index in [4.69, 9.17) is 9.47 Å². The van der Waals surface area contributed by atoms with Crippen LogP contribution in [0.15, 0.2) is 24.3 Å². The van der Waals surface area contributed by atoms with Gasteiger partial charge in [0.1, 0.15) is 11.6 Å². The van der Waals surface area contributed by atoms with Gasteiger partial charge in [-0.15, -0.1) is 0 Å². The number of nitrogens with one attached hydrogen (secondary N) is 1. The van der Waals surface area contributed by atoms with E-state index in [1.165, 1.54) is 0 Å². The smallest absolute Gasteiger partial charge is 0.224 e. The molecule has 1 aromatic heterocycles. The van der Waals surface area contributed by atoms with Crippen molar-refractivity contribution in [3.05, 3.63) is 35.7 Å². The highest BCUT2D eigenvalue weighted by atomic mass is 16.5. The fraction of sp³-hybridized carbons (Fsp3) is 0.375. The Labute approximate surface area is 125 Å². The highest BCUT2D eigenvalue weighted by Gasteiger charge is 2.09. The van der Waals surface area contributed by atoms with Crippen LogP contribution in [-0.2, 0) is 6.42 Å². The molecule has 5 nitrogen and oxygen atoms in total. The van der Waals surface area contributed by atoms with Gasteiger partial charge >= 0.3 is 0 Å². The van der Waals surface area contributed by atoms with E-state index in [0.29, 0.717) is 17.4 Å². The van der Waals surface area contributed by atoms with E-state index in [-0.39, 0.29) is 0 Å². The Kier molecular flexibility index (Phi) is 4.98. The van der Waals surface area contributed by atoms with Crippen LogP contribution < -0.4 is 14.8 Å². The fourth-order valence-corrected chi connectivity index (χ4v) is 1.96. The second kappa shape index (κ2) is 6.92. The molecule has 112 valence electrons. The van der Waals surface area contributed by atoms with Crippen molar-refractivity contribution in [3.63, 3.8) is 0 Å². The Hall–Kier alpha value is -2.30. The summed E-state index contributed by atoms with van der Waals surface area (Å²) in [6, 6.07) is 7.57. The highest BCUT2D eigenvalue weighted by molar-refractivity contribution is 5.46. The number of methoxy groups -OCH3 is 1. The second-order valence-corrected chi connectivity index (χ2v) is 4.76. The van der Waals surface area contributed by atoms with Gasteiger partial charge in [-0.3, -0.25) is 0 Å². The van der Waals surface area contributed by atoms with Gasteiger partial charge < -0.3 is 14.8 Å². The summed E-state index contributed by atoms with van der Waals surface area (Å²) in [5.41, 5.74) is 1.12. The molecule has 2 aromatic rings. The minimum atomic E-state index is 0.514. The first-order chi connectivity index (χ1) is 10.2. The molecule has 1 aromatic carbocycles. The summed E-state index contributed by atoms with van der Waals surface area (Å²) in [6.07, 6.45) is 1.80. The Morgan fingerprint density at radius 1 is 1.14 bits per heavy atom. The van der Waals surface area contributed by atoms with Gasteiger partial charge in [0.25, 0.3) is 0 Å². The third-order valence-corrected chi connectivity index (χ3v) is 3.01. The first kappa shape index (κ1) is 15.1. The van der Waals surface area contributed by atoms with Crippen molar-refractivity contribution in [1.29, 1.82) is 0 Å². The monoisotopic (exact) mass is 287 g/mol. The molecule has 1 N–H and O–H groups in total. The molecule has 0 atom stereocenters. The summed E-state index contributed by atoms with van der Waals surface area (Å²) in [7, 11) is 3.46. The zero-order chi connectivity index (χ0) is 15.2. The highest BCUT2D eigenvalue weighted by Crippen LogP contribution is 2.32. The van der Waals surface area contributed by atoms with Gasteiger partial charge in [0.2, 0.25) is 5.88 Å². The van der Waals surface area contributed by atoms with Crippen LogP contribution in [0.5, 0.6) is 17.4 Å². The molecule has 0 saturated heterocycles. The van der Waals surface area contributed by atoms with Crippen LogP contribution in [0.2, 0.25) is 0 Å². The number of benzene rings is 1. The fourth-order valence-electron chi connectivity index (χ4n) is 1.96. The van der Waals surface area contributed by atoms with Gasteiger partial charge in [-0.2, -0.15) is 4.98 Å². The molecule has 0 saturated carbocycles. The summed E-state index contributed by atoms with van der Waals surface area (Å²) >= 11 is 0. The predicted octanol–water partition coefficient (Wildman–Crippen LogP) is 3.58. The molecule has 1 heterocycles. The lowest BCUT2D eigenvalue weighted by molar-refractivity contribution is 0.373. The molecule has 0 fully saturated rings. The van der Waals surface area contributed by atoms with E-state index in [1.54, 1.807) is 13.2 Å². The zero-order valence-corrected chi connectivity index (χ0v) is 12.9. The van der Waals surface area contributed by atoms with E-state index in [0.717, 1.165) is 30.0 Å². The van der Waals surface area contributed by atoms with Crippen molar-refractivity contribution in [2.45, 2.75) is 26.7 Å². The molecule has 21 heavy (non-hydrogen) atoms. The number of ether oxygens (including phenoxy) is 2. The third-order valence-electron chi connectivity index (χ3n) is 3.01. The summed E-state index contributed by atoms with van der Waals surface area (Å²) in [5.74, 6) is 3.36. The molecule has 0 aliphatic rings. The van der Waals surface area contributed by atoms with Crippen LogP contribution in [0.4, 0.5) is 5.82 Å². The van der Waals surface area contributed by atoms with E-state index in [1.807, 2.05) is 32.2 Å². The molecule has 0 radical (unpaired) electrons. The maximum atomic E-state index is 5.87. The number of aromatic nitrogens is 2. The summed E-state index contributed by atoms with van der Waals surface area (Å²) in [4.78, 5) is 8.84. The van der Waals surface area contributed by atoms with E-state index in [9.17, 15) is 0 Å². The van der Waals surface area contributed by atoms with Crippen molar-refractivity contribution < 1.29 is 9.47 Å². The Balaban J connectivity index is 2.32. The second-order valence-electron chi connectivity index (χ2n) is 4.76. The molecule has 0 aliphatic carbocycles. The molecule has 2 rings (SSSR count). The van der Waals surface area contributed by atoms with Crippen LogP contribution in [0, 0.1) is 6.92 Å². The van der Waals surface area contributed by atoms with Crippen molar-refractivity contribution in [3.8, 4) is 17.4 Å². The van der Waals surface area contributed by atoms with Crippen LogP contribution in [0.3, 0.4) is 0 Å². The number of hydrogen-bond donors (Lipinski definition) is 1. The van der Waals surface area contributed by atoms with Gasteiger partial charge in [-0.25, -0.2) is 4.98 Å². The van der Waals surface area contributed by atoms with E-state index < -0.39 is 0 Å². The topological polar surface area (TPSA) is 56.3 Å². The lowest BCUT2D eigenvalue weighted by Crippen LogP contribution is -2.02. The minimum Gasteiger partial charge on any atom is -0.493 e. The van der Waals surface area contributed by atoms with Crippen molar-refractivity contribution >= 4 is 5.82 Å². The minimum absolute atomic E-state index is 0.514. The summed E-state index contributed by atoms with van der Waals surface area (Å²) in [5, 5.41) is 3.03. The molecule has 5 heteroatoms. The van der Waals surface area contributed by atoms with Gasteiger partial charge in [0.15, 0.2) is 11.5 Å². The van der Waals surface area contributed by atoms with Crippen molar-refractivity contribution in [2.75, 3.05) is 19.5 Å². The number of rotatable bonds is 6.